The van der Waals surface area contributed by atoms with E-state index >= 15 is 0 Å². The molecule has 10 heteroatoms. The number of rotatable bonds is 11. The van der Waals surface area contributed by atoms with Gasteiger partial charge >= 0.3 is 0 Å². The minimum absolute atomic E-state index is 0.104. The van der Waals surface area contributed by atoms with Crippen LogP contribution in [-0.2, 0) is 20.2 Å². The molecule has 0 saturated carbocycles. The van der Waals surface area contributed by atoms with Crippen molar-refractivity contribution in [2.45, 2.75) is 26.7 Å². The first kappa shape index (κ1) is 24.1. The van der Waals surface area contributed by atoms with Gasteiger partial charge in [0.05, 0.1) is 24.7 Å². The Labute approximate surface area is 177 Å². The normalized spacial score (nSPS) is 12.0. The Hall–Kier alpha value is -2.14. The van der Waals surface area contributed by atoms with Gasteiger partial charge in [0.1, 0.15) is 11.5 Å². The largest absolute Gasteiger partial charge is 0.493 e. The number of hydrogen-bond donors (Lipinski definition) is 2. The number of aryl methyl sites for hydroxylation is 2. The summed E-state index contributed by atoms with van der Waals surface area (Å²) >= 11 is 0. The van der Waals surface area contributed by atoms with Crippen LogP contribution >= 0.6 is 0 Å². The van der Waals surface area contributed by atoms with Crippen molar-refractivity contribution < 1.29 is 35.4 Å². The Morgan fingerprint density at radius 1 is 0.767 bits per heavy atom. The molecule has 0 aliphatic rings. The lowest BCUT2D eigenvalue weighted by atomic mass is 10.0. The Bertz CT molecular complexity index is 1060. The van der Waals surface area contributed by atoms with Gasteiger partial charge in [0.25, 0.3) is 20.2 Å². The van der Waals surface area contributed by atoms with Gasteiger partial charge in [-0.2, -0.15) is 16.8 Å². The monoisotopic (exact) mass is 458 g/mol. The van der Waals surface area contributed by atoms with E-state index in [1.165, 1.54) is 0 Å². The van der Waals surface area contributed by atoms with E-state index < -0.39 is 20.2 Å². The summed E-state index contributed by atoms with van der Waals surface area (Å²) < 4.78 is 72.6. The highest BCUT2D eigenvalue weighted by Crippen LogP contribution is 2.36. The first-order valence-electron chi connectivity index (χ1n) is 9.32. The molecule has 0 saturated heterocycles. The Morgan fingerprint density at radius 3 is 1.77 bits per heavy atom. The summed E-state index contributed by atoms with van der Waals surface area (Å²) in [5.74, 6) is 0.315. The van der Waals surface area contributed by atoms with Crippen LogP contribution in [0, 0.1) is 13.8 Å². The quantitative estimate of drug-likeness (QED) is 0.388. The van der Waals surface area contributed by atoms with Crippen LogP contribution in [0.5, 0.6) is 11.5 Å². The SMILES string of the molecule is Cc1ccc(-c2cc(OCCCS(=O)(=O)O)c(C)cc2OCCCS(=O)(=O)O)cc1. The lowest BCUT2D eigenvalue weighted by Gasteiger charge is -2.16. The fraction of sp³-hybridized carbons (Fsp3) is 0.400. The third-order valence-electron chi connectivity index (χ3n) is 4.25. The molecule has 0 spiro atoms. The first-order chi connectivity index (χ1) is 13.9. The second kappa shape index (κ2) is 10.3. The van der Waals surface area contributed by atoms with E-state index in [0.29, 0.717) is 11.5 Å². The maximum atomic E-state index is 10.9. The van der Waals surface area contributed by atoms with E-state index in [-0.39, 0.29) is 37.6 Å². The second-order valence-electron chi connectivity index (χ2n) is 6.96. The third kappa shape index (κ3) is 8.31. The van der Waals surface area contributed by atoms with E-state index in [0.717, 1.165) is 22.3 Å². The van der Waals surface area contributed by atoms with Gasteiger partial charge in [-0.05, 0) is 49.9 Å². The summed E-state index contributed by atoms with van der Waals surface area (Å²) in [5, 5.41) is 0. The molecule has 8 nitrogen and oxygen atoms in total. The van der Waals surface area contributed by atoms with Crippen LogP contribution in [0.15, 0.2) is 36.4 Å². The fourth-order valence-electron chi connectivity index (χ4n) is 2.74. The fourth-order valence-corrected chi connectivity index (χ4v) is 3.71. The van der Waals surface area contributed by atoms with Gasteiger partial charge in [-0.3, -0.25) is 9.11 Å². The Morgan fingerprint density at radius 2 is 1.27 bits per heavy atom. The summed E-state index contributed by atoms with van der Waals surface area (Å²) in [6.07, 6.45) is 0.283. The van der Waals surface area contributed by atoms with Crippen LogP contribution in [0.2, 0.25) is 0 Å². The minimum atomic E-state index is -4.04. The second-order valence-corrected chi connectivity index (χ2v) is 10.1. The van der Waals surface area contributed by atoms with E-state index in [1.54, 1.807) is 12.1 Å². The molecule has 0 bridgehead atoms. The van der Waals surface area contributed by atoms with Crippen molar-refractivity contribution in [3.63, 3.8) is 0 Å². The van der Waals surface area contributed by atoms with Crippen LogP contribution < -0.4 is 9.47 Å². The molecule has 166 valence electrons. The molecule has 30 heavy (non-hydrogen) atoms. The van der Waals surface area contributed by atoms with E-state index in [4.69, 9.17) is 18.6 Å². The number of ether oxygens (including phenoxy) is 2. The van der Waals surface area contributed by atoms with Crippen molar-refractivity contribution in [3.05, 3.63) is 47.5 Å². The smallest absolute Gasteiger partial charge is 0.264 e. The minimum Gasteiger partial charge on any atom is -0.493 e. The van der Waals surface area contributed by atoms with Crippen LogP contribution in [0.1, 0.15) is 24.0 Å². The maximum Gasteiger partial charge on any atom is 0.264 e. The van der Waals surface area contributed by atoms with Gasteiger partial charge in [0.2, 0.25) is 0 Å². The molecule has 2 N–H and O–H groups in total. The van der Waals surface area contributed by atoms with Crippen molar-refractivity contribution in [3.8, 4) is 22.6 Å². The van der Waals surface area contributed by atoms with Gasteiger partial charge in [0.15, 0.2) is 0 Å². The predicted molar refractivity (Wildman–Crippen MR) is 114 cm³/mol. The molecule has 0 heterocycles. The van der Waals surface area contributed by atoms with Crippen molar-refractivity contribution in [2.75, 3.05) is 24.7 Å². The Kier molecular flexibility index (Phi) is 8.25. The molecule has 0 aromatic heterocycles. The van der Waals surface area contributed by atoms with Gasteiger partial charge in [-0.25, -0.2) is 0 Å². The zero-order valence-corrected chi connectivity index (χ0v) is 18.5. The van der Waals surface area contributed by atoms with E-state index in [9.17, 15) is 16.8 Å². The summed E-state index contributed by atoms with van der Waals surface area (Å²) in [7, 11) is -8.08. The van der Waals surface area contributed by atoms with Gasteiger partial charge in [-0.15, -0.1) is 0 Å². The highest BCUT2D eigenvalue weighted by molar-refractivity contribution is 7.86. The standard InChI is InChI=1S/C20H26O8S2/c1-15-5-7-17(8-6-15)18-14-19(27-9-3-11-29(21,22)23)16(2)13-20(18)28-10-4-12-30(24,25)26/h5-8,13-14H,3-4,9-12H2,1-2H3,(H,21,22,23)(H,24,25,26). The average Bonchev–Trinajstić information content (AvgIpc) is 2.63. The van der Waals surface area contributed by atoms with Gasteiger partial charge < -0.3 is 9.47 Å². The van der Waals surface area contributed by atoms with Gasteiger partial charge in [-0.1, -0.05) is 29.8 Å². The lowest BCUT2D eigenvalue weighted by Crippen LogP contribution is -2.10. The molecule has 0 unspecified atom stereocenters. The molecule has 2 rings (SSSR count). The topological polar surface area (TPSA) is 127 Å². The molecular formula is C20H26O8S2. The molecular weight excluding hydrogens is 432 g/mol. The zero-order chi connectivity index (χ0) is 22.4. The highest BCUT2D eigenvalue weighted by Gasteiger charge is 2.13. The lowest BCUT2D eigenvalue weighted by molar-refractivity contribution is 0.307. The molecule has 0 aliphatic heterocycles. The first-order valence-corrected chi connectivity index (χ1v) is 12.5. The average molecular weight is 459 g/mol. The summed E-state index contributed by atoms with van der Waals surface area (Å²) in [5.41, 5.74) is 3.44. The van der Waals surface area contributed by atoms with Gasteiger partial charge in [0, 0.05) is 5.56 Å². The highest BCUT2D eigenvalue weighted by atomic mass is 32.2. The molecule has 0 aliphatic carbocycles. The van der Waals surface area contributed by atoms with E-state index in [1.807, 2.05) is 38.1 Å². The zero-order valence-electron chi connectivity index (χ0n) is 16.9. The van der Waals surface area contributed by atoms with Crippen molar-refractivity contribution >= 4 is 20.2 Å². The summed E-state index contributed by atoms with van der Waals surface area (Å²) in [4.78, 5) is 0. The van der Waals surface area contributed by atoms with Crippen LogP contribution in [0.25, 0.3) is 11.1 Å². The van der Waals surface area contributed by atoms with Crippen molar-refractivity contribution in [1.29, 1.82) is 0 Å². The van der Waals surface area contributed by atoms with Crippen molar-refractivity contribution in [1.82, 2.24) is 0 Å². The molecule has 2 aromatic rings. The van der Waals surface area contributed by atoms with Crippen LogP contribution in [-0.4, -0.2) is 50.7 Å². The van der Waals surface area contributed by atoms with E-state index in [2.05, 4.69) is 0 Å². The number of benzene rings is 2. The van der Waals surface area contributed by atoms with Crippen molar-refractivity contribution in [2.24, 2.45) is 0 Å². The number of hydrogen-bond acceptors (Lipinski definition) is 6. The molecule has 0 amide bonds. The Balaban J connectivity index is 2.22. The summed E-state index contributed by atoms with van der Waals surface area (Å²) in [6.45, 7) is 3.99. The van der Waals surface area contributed by atoms with Crippen LogP contribution in [0.3, 0.4) is 0 Å². The molecule has 0 radical (unpaired) electrons. The predicted octanol–water partition coefficient (Wildman–Crippen LogP) is 3.28. The molecule has 2 aromatic carbocycles. The molecule has 0 fully saturated rings. The summed E-state index contributed by atoms with van der Waals surface area (Å²) in [6, 6.07) is 11.3. The van der Waals surface area contributed by atoms with Crippen LogP contribution in [0.4, 0.5) is 0 Å². The maximum absolute atomic E-state index is 10.9. The third-order valence-corrected chi connectivity index (χ3v) is 5.86. The molecule has 0 atom stereocenters.